The molecule has 0 radical (unpaired) electrons. The van der Waals surface area contributed by atoms with Gasteiger partial charge >= 0.3 is 5.97 Å². The number of esters is 1. The van der Waals surface area contributed by atoms with E-state index in [1.54, 1.807) is 4.90 Å². The van der Waals surface area contributed by atoms with Crippen LogP contribution in [0, 0.1) is 5.92 Å². The highest BCUT2D eigenvalue weighted by Gasteiger charge is 2.22. The Hall–Kier alpha value is -1.06. The smallest absolute Gasteiger partial charge is 0.325 e. The summed E-state index contributed by atoms with van der Waals surface area (Å²) in [7, 11) is 1.34. The van der Waals surface area contributed by atoms with E-state index in [1.807, 2.05) is 20.8 Å². The summed E-state index contributed by atoms with van der Waals surface area (Å²) < 4.78 is 4.59. The highest BCUT2D eigenvalue weighted by atomic mass is 16.5. The maximum absolute atomic E-state index is 12.1. The second-order valence-electron chi connectivity index (χ2n) is 3.85. The molecular weight excluding hydrogens is 206 g/mol. The average Bonchev–Trinajstić information content (AvgIpc) is 2.29. The maximum atomic E-state index is 12.1. The van der Waals surface area contributed by atoms with E-state index >= 15 is 0 Å². The fourth-order valence-electron chi connectivity index (χ4n) is 1.65. The van der Waals surface area contributed by atoms with Gasteiger partial charge in [-0.15, -0.1) is 0 Å². The monoisotopic (exact) mass is 229 g/mol. The van der Waals surface area contributed by atoms with Gasteiger partial charge in [0.25, 0.3) is 0 Å². The van der Waals surface area contributed by atoms with Crippen LogP contribution in [0.3, 0.4) is 0 Å². The number of carbonyl (C=O) groups is 2. The van der Waals surface area contributed by atoms with Crippen LogP contribution in [0.5, 0.6) is 0 Å². The van der Waals surface area contributed by atoms with Crippen LogP contribution in [0.1, 0.15) is 40.0 Å². The van der Waals surface area contributed by atoms with Crippen molar-refractivity contribution in [2.75, 3.05) is 20.2 Å². The van der Waals surface area contributed by atoms with E-state index < -0.39 is 0 Å². The molecule has 0 aromatic heterocycles. The SMILES string of the molecule is CCCN(CC(=O)OC)C(=O)C(CC)CC. The molecule has 0 aromatic carbocycles. The molecule has 0 atom stereocenters. The lowest BCUT2D eigenvalue weighted by atomic mass is 10.0. The van der Waals surface area contributed by atoms with Gasteiger partial charge in [-0.3, -0.25) is 9.59 Å². The van der Waals surface area contributed by atoms with Gasteiger partial charge in [0.2, 0.25) is 5.91 Å². The third-order valence-corrected chi connectivity index (χ3v) is 2.69. The molecular formula is C12H23NO3. The molecule has 0 aromatic rings. The van der Waals surface area contributed by atoms with Gasteiger partial charge in [0, 0.05) is 12.5 Å². The molecule has 16 heavy (non-hydrogen) atoms. The Kier molecular flexibility index (Phi) is 7.60. The quantitative estimate of drug-likeness (QED) is 0.626. The van der Waals surface area contributed by atoms with Crippen molar-refractivity contribution in [3.63, 3.8) is 0 Å². The molecule has 0 spiro atoms. The standard InChI is InChI=1S/C12H23NO3/c1-5-8-13(9-11(14)16-4)12(15)10(6-2)7-3/h10H,5-9H2,1-4H3. The molecule has 4 nitrogen and oxygen atoms in total. The van der Waals surface area contributed by atoms with Gasteiger partial charge in [-0.2, -0.15) is 0 Å². The molecule has 94 valence electrons. The second-order valence-corrected chi connectivity index (χ2v) is 3.85. The number of nitrogens with zero attached hydrogens (tertiary/aromatic N) is 1. The Morgan fingerprint density at radius 1 is 1.19 bits per heavy atom. The van der Waals surface area contributed by atoms with Crippen molar-refractivity contribution in [2.45, 2.75) is 40.0 Å². The molecule has 0 saturated heterocycles. The summed E-state index contributed by atoms with van der Waals surface area (Å²) in [5, 5.41) is 0. The molecule has 0 fully saturated rings. The number of hydrogen-bond acceptors (Lipinski definition) is 3. The van der Waals surface area contributed by atoms with Crippen molar-refractivity contribution in [3.8, 4) is 0 Å². The molecule has 0 aliphatic heterocycles. The zero-order valence-corrected chi connectivity index (χ0v) is 10.8. The van der Waals surface area contributed by atoms with Crippen molar-refractivity contribution >= 4 is 11.9 Å². The fourth-order valence-corrected chi connectivity index (χ4v) is 1.65. The number of amides is 1. The van der Waals surface area contributed by atoms with Gasteiger partial charge in [0.1, 0.15) is 6.54 Å². The Labute approximate surface area is 98.0 Å². The molecule has 0 N–H and O–H groups in total. The van der Waals surface area contributed by atoms with E-state index in [4.69, 9.17) is 0 Å². The molecule has 0 aliphatic carbocycles. The molecule has 4 heteroatoms. The average molecular weight is 229 g/mol. The lowest BCUT2D eigenvalue weighted by Crippen LogP contribution is -2.40. The van der Waals surface area contributed by atoms with Crippen LogP contribution >= 0.6 is 0 Å². The van der Waals surface area contributed by atoms with Gasteiger partial charge in [-0.05, 0) is 19.3 Å². The van der Waals surface area contributed by atoms with Crippen LogP contribution in [0.15, 0.2) is 0 Å². The topological polar surface area (TPSA) is 46.6 Å². The van der Waals surface area contributed by atoms with Gasteiger partial charge in [-0.1, -0.05) is 20.8 Å². The van der Waals surface area contributed by atoms with Gasteiger partial charge < -0.3 is 9.64 Å². The van der Waals surface area contributed by atoms with E-state index in [2.05, 4.69) is 4.74 Å². The minimum atomic E-state index is -0.354. The summed E-state index contributed by atoms with van der Waals surface area (Å²) in [6, 6.07) is 0. The summed E-state index contributed by atoms with van der Waals surface area (Å²) in [6.07, 6.45) is 2.48. The zero-order valence-electron chi connectivity index (χ0n) is 10.8. The first-order valence-corrected chi connectivity index (χ1v) is 5.96. The summed E-state index contributed by atoms with van der Waals surface area (Å²) in [6.45, 7) is 6.66. The maximum Gasteiger partial charge on any atom is 0.325 e. The van der Waals surface area contributed by atoms with E-state index in [-0.39, 0.29) is 24.3 Å². The van der Waals surface area contributed by atoms with Crippen molar-refractivity contribution in [3.05, 3.63) is 0 Å². The third kappa shape index (κ3) is 4.64. The first kappa shape index (κ1) is 14.9. The lowest BCUT2D eigenvalue weighted by Gasteiger charge is -2.24. The minimum Gasteiger partial charge on any atom is -0.468 e. The van der Waals surface area contributed by atoms with E-state index in [1.165, 1.54) is 7.11 Å². The van der Waals surface area contributed by atoms with Crippen LogP contribution in [0.2, 0.25) is 0 Å². The van der Waals surface area contributed by atoms with E-state index in [9.17, 15) is 9.59 Å². The number of methoxy groups -OCH3 is 1. The number of hydrogen-bond donors (Lipinski definition) is 0. The van der Waals surface area contributed by atoms with Crippen molar-refractivity contribution in [1.82, 2.24) is 4.90 Å². The number of ether oxygens (including phenoxy) is 1. The molecule has 0 unspecified atom stereocenters. The summed E-state index contributed by atoms with van der Waals surface area (Å²) in [5.41, 5.74) is 0. The fraction of sp³-hybridized carbons (Fsp3) is 0.833. The third-order valence-electron chi connectivity index (χ3n) is 2.69. The first-order chi connectivity index (χ1) is 7.60. The second kappa shape index (κ2) is 8.13. The van der Waals surface area contributed by atoms with Crippen LogP contribution in [-0.4, -0.2) is 37.0 Å². The summed E-state index contributed by atoms with van der Waals surface area (Å²) in [4.78, 5) is 24.9. The first-order valence-electron chi connectivity index (χ1n) is 5.96. The Bertz CT molecular complexity index is 224. The summed E-state index contributed by atoms with van der Waals surface area (Å²) in [5.74, 6) is -0.263. The molecule has 1 amide bonds. The van der Waals surface area contributed by atoms with E-state index in [0.29, 0.717) is 6.54 Å². The predicted octanol–water partition coefficient (Wildman–Crippen LogP) is 1.83. The van der Waals surface area contributed by atoms with Crippen LogP contribution in [-0.2, 0) is 14.3 Å². The Balaban J connectivity index is 4.50. The number of rotatable bonds is 7. The molecule has 0 aliphatic rings. The van der Waals surface area contributed by atoms with Gasteiger partial charge in [0.15, 0.2) is 0 Å². The van der Waals surface area contributed by atoms with Crippen molar-refractivity contribution in [2.24, 2.45) is 5.92 Å². The predicted molar refractivity (Wildman–Crippen MR) is 63.0 cm³/mol. The molecule has 0 heterocycles. The van der Waals surface area contributed by atoms with Gasteiger partial charge in [0.05, 0.1) is 7.11 Å². The molecule has 0 bridgehead atoms. The Morgan fingerprint density at radius 2 is 1.75 bits per heavy atom. The largest absolute Gasteiger partial charge is 0.468 e. The van der Waals surface area contributed by atoms with Crippen LogP contribution in [0.4, 0.5) is 0 Å². The van der Waals surface area contributed by atoms with Crippen molar-refractivity contribution < 1.29 is 14.3 Å². The van der Waals surface area contributed by atoms with Gasteiger partial charge in [-0.25, -0.2) is 0 Å². The zero-order chi connectivity index (χ0) is 12.6. The van der Waals surface area contributed by atoms with Crippen molar-refractivity contribution in [1.29, 1.82) is 0 Å². The molecule has 0 saturated carbocycles. The highest BCUT2D eigenvalue weighted by Crippen LogP contribution is 2.12. The summed E-state index contributed by atoms with van der Waals surface area (Å²) >= 11 is 0. The highest BCUT2D eigenvalue weighted by molar-refractivity contribution is 5.83. The minimum absolute atomic E-state index is 0.0243. The van der Waals surface area contributed by atoms with Crippen LogP contribution < -0.4 is 0 Å². The number of carbonyl (C=O) groups excluding carboxylic acids is 2. The molecule has 0 rings (SSSR count). The van der Waals surface area contributed by atoms with E-state index in [0.717, 1.165) is 19.3 Å². The Morgan fingerprint density at radius 3 is 2.12 bits per heavy atom. The van der Waals surface area contributed by atoms with Crippen LogP contribution in [0.25, 0.3) is 0 Å². The normalized spacial score (nSPS) is 10.3. The lowest BCUT2D eigenvalue weighted by molar-refractivity contribution is -0.148.